The molecule has 0 spiro atoms. The van der Waals surface area contributed by atoms with Gasteiger partial charge in [0.15, 0.2) is 0 Å². The fourth-order valence-corrected chi connectivity index (χ4v) is 1.92. The van der Waals surface area contributed by atoms with Crippen LogP contribution in [0, 0.1) is 0 Å². The Labute approximate surface area is 103 Å². The van der Waals surface area contributed by atoms with Gasteiger partial charge in [0.1, 0.15) is 5.60 Å². The Morgan fingerprint density at radius 2 is 2.06 bits per heavy atom. The van der Waals surface area contributed by atoms with Gasteiger partial charge in [0, 0.05) is 18.3 Å². The van der Waals surface area contributed by atoms with Crippen LogP contribution in [0.3, 0.4) is 0 Å². The Morgan fingerprint density at radius 3 is 2.56 bits per heavy atom. The van der Waals surface area contributed by atoms with E-state index in [1.807, 2.05) is 27.7 Å². The van der Waals surface area contributed by atoms with Gasteiger partial charge in [-0.25, -0.2) is 4.79 Å². The Kier molecular flexibility index (Phi) is 7.58. The first-order valence-corrected chi connectivity index (χ1v) is 6.78. The van der Waals surface area contributed by atoms with Gasteiger partial charge in [0.25, 0.3) is 0 Å². The second kappa shape index (κ2) is 7.79. The van der Waals surface area contributed by atoms with Crippen molar-refractivity contribution in [2.24, 2.45) is 5.73 Å². The molecule has 96 valence electrons. The summed E-state index contributed by atoms with van der Waals surface area (Å²) in [6.45, 7) is 8.25. The number of carbonyl (C=O) groups is 1. The van der Waals surface area contributed by atoms with Crippen molar-refractivity contribution in [1.82, 2.24) is 5.32 Å². The average Bonchev–Trinajstić information content (AvgIpc) is 2.09. The molecule has 0 aliphatic carbocycles. The Balaban J connectivity index is 3.62. The second-order valence-corrected chi connectivity index (χ2v) is 5.96. The van der Waals surface area contributed by atoms with Crippen molar-refractivity contribution in [2.45, 2.75) is 45.8 Å². The van der Waals surface area contributed by atoms with Crippen LogP contribution in [-0.4, -0.2) is 35.8 Å². The standard InChI is InChI=1S/C11H24N2O2S/c1-9(5-7-16-8-6-12)13-10(14)15-11(2,3)4/h9H,5-8,12H2,1-4H3,(H,13,14)/t9-/m1/s1. The number of thioether (sulfide) groups is 1. The maximum Gasteiger partial charge on any atom is 0.407 e. The van der Waals surface area contributed by atoms with Gasteiger partial charge in [-0.1, -0.05) is 0 Å². The lowest BCUT2D eigenvalue weighted by Crippen LogP contribution is -2.37. The number of hydrogen-bond acceptors (Lipinski definition) is 4. The van der Waals surface area contributed by atoms with Crippen LogP contribution >= 0.6 is 11.8 Å². The smallest absolute Gasteiger partial charge is 0.407 e. The summed E-state index contributed by atoms with van der Waals surface area (Å²) in [6, 6.07) is 0.139. The van der Waals surface area contributed by atoms with Gasteiger partial charge in [0.2, 0.25) is 0 Å². The molecule has 5 heteroatoms. The van der Waals surface area contributed by atoms with Crippen molar-refractivity contribution in [2.75, 3.05) is 18.1 Å². The fourth-order valence-electron chi connectivity index (χ4n) is 1.03. The van der Waals surface area contributed by atoms with Crippen LogP contribution in [0.15, 0.2) is 0 Å². The second-order valence-electron chi connectivity index (χ2n) is 4.74. The molecule has 0 rings (SSSR count). The molecular formula is C11H24N2O2S. The summed E-state index contributed by atoms with van der Waals surface area (Å²) >= 11 is 1.80. The topological polar surface area (TPSA) is 64.3 Å². The number of amides is 1. The zero-order chi connectivity index (χ0) is 12.6. The van der Waals surface area contributed by atoms with Gasteiger partial charge in [-0.2, -0.15) is 11.8 Å². The quantitative estimate of drug-likeness (QED) is 0.706. The van der Waals surface area contributed by atoms with E-state index < -0.39 is 5.60 Å². The monoisotopic (exact) mass is 248 g/mol. The highest BCUT2D eigenvalue weighted by Gasteiger charge is 2.17. The van der Waals surface area contributed by atoms with E-state index >= 15 is 0 Å². The summed E-state index contributed by atoms with van der Waals surface area (Å²) in [6.07, 6.45) is 0.591. The van der Waals surface area contributed by atoms with E-state index in [9.17, 15) is 4.79 Å². The van der Waals surface area contributed by atoms with E-state index in [-0.39, 0.29) is 12.1 Å². The van der Waals surface area contributed by atoms with E-state index in [1.54, 1.807) is 11.8 Å². The Bertz CT molecular complexity index is 205. The van der Waals surface area contributed by atoms with Crippen LogP contribution in [0.1, 0.15) is 34.1 Å². The van der Waals surface area contributed by atoms with Gasteiger partial charge in [-0.15, -0.1) is 0 Å². The summed E-state index contributed by atoms with van der Waals surface area (Å²) in [7, 11) is 0. The molecule has 0 saturated carbocycles. The lowest BCUT2D eigenvalue weighted by molar-refractivity contribution is 0.0508. The minimum atomic E-state index is -0.432. The summed E-state index contributed by atoms with van der Waals surface area (Å²) in [4.78, 5) is 11.4. The minimum Gasteiger partial charge on any atom is -0.444 e. The van der Waals surface area contributed by atoms with Crippen LogP contribution in [0.25, 0.3) is 0 Å². The molecule has 0 bridgehead atoms. The zero-order valence-corrected chi connectivity index (χ0v) is 11.5. The number of hydrogen-bond donors (Lipinski definition) is 2. The Hall–Kier alpha value is -0.420. The predicted octanol–water partition coefficient (Wildman–Crippen LogP) is 1.98. The maximum absolute atomic E-state index is 11.4. The van der Waals surface area contributed by atoms with E-state index in [4.69, 9.17) is 10.5 Å². The predicted molar refractivity (Wildman–Crippen MR) is 69.8 cm³/mol. The largest absolute Gasteiger partial charge is 0.444 e. The first-order valence-electron chi connectivity index (χ1n) is 5.62. The first kappa shape index (κ1) is 15.6. The number of carbonyl (C=O) groups excluding carboxylic acids is 1. The molecule has 0 saturated heterocycles. The molecular weight excluding hydrogens is 224 g/mol. The molecule has 0 aromatic heterocycles. The highest BCUT2D eigenvalue weighted by molar-refractivity contribution is 7.99. The summed E-state index contributed by atoms with van der Waals surface area (Å²) < 4.78 is 5.16. The molecule has 4 nitrogen and oxygen atoms in total. The van der Waals surface area contributed by atoms with Crippen LogP contribution in [-0.2, 0) is 4.74 Å². The molecule has 3 N–H and O–H groups in total. The van der Waals surface area contributed by atoms with Crippen molar-refractivity contribution in [3.05, 3.63) is 0 Å². The molecule has 0 unspecified atom stereocenters. The highest BCUT2D eigenvalue weighted by atomic mass is 32.2. The van der Waals surface area contributed by atoms with Gasteiger partial charge in [-0.05, 0) is 39.9 Å². The first-order chi connectivity index (χ1) is 7.35. The van der Waals surface area contributed by atoms with E-state index in [0.29, 0.717) is 6.54 Å². The van der Waals surface area contributed by atoms with Crippen molar-refractivity contribution in [1.29, 1.82) is 0 Å². The molecule has 1 amide bonds. The van der Waals surface area contributed by atoms with Crippen molar-refractivity contribution in [3.63, 3.8) is 0 Å². The SMILES string of the molecule is C[C@H](CCSCCN)NC(=O)OC(C)(C)C. The minimum absolute atomic E-state index is 0.139. The van der Waals surface area contributed by atoms with Crippen LogP contribution in [0.4, 0.5) is 4.79 Å². The van der Waals surface area contributed by atoms with Gasteiger partial charge >= 0.3 is 6.09 Å². The van der Waals surface area contributed by atoms with E-state index in [2.05, 4.69) is 5.32 Å². The van der Waals surface area contributed by atoms with Crippen molar-refractivity contribution in [3.8, 4) is 0 Å². The maximum atomic E-state index is 11.4. The molecule has 0 fully saturated rings. The van der Waals surface area contributed by atoms with Crippen LogP contribution < -0.4 is 11.1 Å². The van der Waals surface area contributed by atoms with Crippen molar-refractivity contribution < 1.29 is 9.53 Å². The van der Waals surface area contributed by atoms with Gasteiger partial charge < -0.3 is 15.8 Å². The molecule has 16 heavy (non-hydrogen) atoms. The molecule has 0 aromatic rings. The molecule has 0 aliphatic heterocycles. The normalized spacial score (nSPS) is 13.3. The molecule has 0 heterocycles. The number of ether oxygens (including phenoxy) is 1. The third-order valence-corrected chi connectivity index (χ3v) is 2.77. The number of alkyl carbamates (subject to hydrolysis) is 1. The van der Waals surface area contributed by atoms with Gasteiger partial charge in [0.05, 0.1) is 0 Å². The number of rotatable bonds is 6. The average molecular weight is 248 g/mol. The van der Waals surface area contributed by atoms with Crippen molar-refractivity contribution >= 4 is 17.9 Å². The zero-order valence-electron chi connectivity index (χ0n) is 10.7. The molecule has 0 aromatic carbocycles. The fraction of sp³-hybridized carbons (Fsp3) is 0.909. The summed E-state index contributed by atoms with van der Waals surface area (Å²) in [5.74, 6) is 1.98. The molecule has 0 radical (unpaired) electrons. The Morgan fingerprint density at radius 1 is 1.44 bits per heavy atom. The lowest BCUT2D eigenvalue weighted by atomic mass is 10.2. The summed E-state index contributed by atoms with van der Waals surface area (Å²) in [5.41, 5.74) is 4.95. The van der Waals surface area contributed by atoms with Crippen LogP contribution in [0.2, 0.25) is 0 Å². The van der Waals surface area contributed by atoms with E-state index in [0.717, 1.165) is 17.9 Å². The third kappa shape index (κ3) is 10.1. The highest BCUT2D eigenvalue weighted by Crippen LogP contribution is 2.08. The van der Waals surface area contributed by atoms with Gasteiger partial charge in [-0.3, -0.25) is 0 Å². The van der Waals surface area contributed by atoms with E-state index in [1.165, 1.54) is 0 Å². The third-order valence-electron chi connectivity index (χ3n) is 1.72. The number of nitrogens with two attached hydrogens (primary N) is 1. The van der Waals surface area contributed by atoms with Crippen LogP contribution in [0.5, 0.6) is 0 Å². The lowest BCUT2D eigenvalue weighted by Gasteiger charge is -2.21. The summed E-state index contributed by atoms with van der Waals surface area (Å²) in [5, 5.41) is 2.81. The molecule has 1 atom stereocenters. The molecule has 0 aliphatic rings. The number of nitrogens with one attached hydrogen (secondary N) is 1.